The van der Waals surface area contributed by atoms with E-state index in [2.05, 4.69) is 15.7 Å². The highest BCUT2D eigenvalue weighted by molar-refractivity contribution is 6.33. The molecule has 33 heavy (non-hydrogen) atoms. The molecule has 8 nitrogen and oxygen atoms in total. The summed E-state index contributed by atoms with van der Waals surface area (Å²) in [5.74, 6) is 0.685. The van der Waals surface area contributed by atoms with Crippen molar-refractivity contribution in [1.82, 2.24) is 5.01 Å². The fourth-order valence-electron chi connectivity index (χ4n) is 3.85. The molecule has 9 heteroatoms. The van der Waals surface area contributed by atoms with Crippen molar-refractivity contribution in [2.75, 3.05) is 23.8 Å². The number of fused-ring (bicyclic) bond motifs is 1. The van der Waals surface area contributed by atoms with Gasteiger partial charge in [0.05, 0.1) is 34.9 Å². The number of furan rings is 1. The molecule has 2 N–H and O–H groups in total. The minimum atomic E-state index is -0.330. The maximum atomic E-state index is 13.2. The summed E-state index contributed by atoms with van der Waals surface area (Å²) in [5, 5.41) is 12.2. The van der Waals surface area contributed by atoms with Crippen LogP contribution in [0.1, 0.15) is 29.3 Å². The van der Waals surface area contributed by atoms with Crippen molar-refractivity contribution in [2.45, 2.75) is 19.4 Å². The van der Waals surface area contributed by atoms with E-state index in [-0.39, 0.29) is 31.0 Å². The van der Waals surface area contributed by atoms with Crippen LogP contribution in [0.25, 0.3) is 0 Å². The van der Waals surface area contributed by atoms with Crippen molar-refractivity contribution < 1.29 is 18.7 Å². The first-order chi connectivity index (χ1) is 16.0. The van der Waals surface area contributed by atoms with E-state index >= 15 is 0 Å². The summed E-state index contributed by atoms with van der Waals surface area (Å²) in [6.07, 6.45) is 2.14. The number of hydrazone groups is 1. The zero-order valence-corrected chi connectivity index (χ0v) is 18.6. The van der Waals surface area contributed by atoms with Crippen LogP contribution in [-0.2, 0) is 9.59 Å². The van der Waals surface area contributed by atoms with Gasteiger partial charge in [0.1, 0.15) is 17.6 Å². The first kappa shape index (κ1) is 21.1. The summed E-state index contributed by atoms with van der Waals surface area (Å²) < 4.78 is 11.0. The molecule has 2 aliphatic rings. The van der Waals surface area contributed by atoms with Crippen molar-refractivity contribution in [2.24, 2.45) is 5.10 Å². The number of rotatable bonds is 5. The number of nitrogens with zero attached hydrogens (tertiary/aromatic N) is 2. The number of carbonyl (C=O) groups is 2. The standard InChI is InChI=1S/C24H21ClN4O4/c1-14-4-6-15(7-5-14)17-10-20(21-3-2-8-32-21)29(28-17)24(31)12-26-18-11-22-19(9-16(18)25)27-23(30)13-33-22/h2-9,11,20,26H,10,12-13H2,1H3,(H,27,30). The Morgan fingerprint density at radius 2 is 2.09 bits per heavy atom. The van der Waals surface area contributed by atoms with Crippen molar-refractivity contribution >= 4 is 40.5 Å². The monoisotopic (exact) mass is 464 g/mol. The summed E-state index contributed by atoms with van der Waals surface area (Å²) in [6, 6.07) is 14.6. The Morgan fingerprint density at radius 1 is 1.27 bits per heavy atom. The predicted octanol–water partition coefficient (Wildman–Crippen LogP) is 4.36. The highest BCUT2D eigenvalue weighted by atomic mass is 35.5. The second-order valence-electron chi connectivity index (χ2n) is 7.90. The van der Waals surface area contributed by atoms with Crippen molar-refractivity contribution in [1.29, 1.82) is 0 Å². The van der Waals surface area contributed by atoms with E-state index in [0.29, 0.717) is 34.3 Å². The molecule has 0 radical (unpaired) electrons. The maximum Gasteiger partial charge on any atom is 0.262 e. The summed E-state index contributed by atoms with van der Waals surface area (Å²) >= 11 is 6.34. The lowest BCUT2D eigenvalue weighted by atomic mass is 10.0. The first-order valence-corrected chi connectivity index (χ1v) is 10.9. The molecule has 0 saturated heterocycles. The number of hydrogen-bond acceptors (Lipinski definition) is 6. The van der Waals surface area contributed by atoms with Crippen molar-refractivity contribution in [3.05, 3.63) is 76.7 Å². The number of amides is 2. The van der Waals surface area contributed by atoms with Gasteiger partial charge >= 0.3 is 0 Å². The van der Waals surface area contributed by atoms with E-state index in [9.17, 15) is 9.59 Å². The second kappa shape index (κ2) is 8.63. The number of hydrogen-bond donors (Lipinski definition) is 2. The molecule has 1 unspecified atom stereocenters. The third-order valence-electron chi connectivity index (χ3n) is 5.55. The third kappa shape index (κ3) is 4.29. The van der Waals surface area contributed by atoms with Crippen LogP contribution in [0.3, 0.4) is 0 Å². The van der Waals surface area contributed by atoms with E-state index in [1.54, 1.807) is 24.5 Å². The molecule has 1 atom stereocenters. The summed E-state index contributed by atoms with van der Waals surface area (Å²) in [5.41, 5.74) is 3.97. The van der Waals surface area contributed by atoms with Gasteiger partial charge in [0.15, 0.2) is 6.61 Å². The van der Waals surface area contributed by atoms with Crippen LogP contribution < -0.4 is 15.4 Å². The van der Waals surface area contributed by atoms with E-state index in [0.717, 1.165) is 16.8 Å². The van der Waals surface area contributed by atoms with Crippen LogP contribution in [0.15, 0.2) is 64.3 Å². The molecule has 0 spiro atoms. The molecule has 2 amide bonds. The number of carbonyl (C=O) groups excluding carboxylic acids is 2. The van der Waals surface area contributed by atoms with Crippen LogP contribution in [0.5, 0.6) is 5.75 Å². The molecule has 0 saturated carbocycles. The van der Waals surface area contributed by atoms with Crippen LogP contribution in [0.2, 0.25) is 5.02 Å². The average molecular weight is 465 g/mol. The fraction of sp³-hybridized carbons (Fsp3) is 0.208. The molecule has 0 fully saturated rings. The highest BCUT2D eigenvalue weighted by Crippen LogP contribution is 2.37. The Labute approximate surface area is 195 Å². The Hall–Kier alpha value is -3.78. The zero-order valence-electron chi connectivity index (χ0n) is 17.8. The topological polar surface area (TPSA) is 96.2 Å². The second-order valence-corrected chi connectivity index (χ2v) is 8.31. The predicted molar refractivity (Wildman–Crippen MR) is 125 cm³/mol. The fourth-order valence-corrected chi connectivity index (χ4v) is 4.08. The molecule has 0 aliphatic carbocycles. The Balaban J connectivity index is 1.35. The average Bonchev–Trinajstić information content (AvgIpc) is 3.48. The number of aryl methyl sites for hydroxylation is 1. The zero-order chi connectivity index (χ0) is 22.9. The summed E-state index contributed by atoms with van der Waals surface area (Å²) in [6.45, 7) is 1.92. The van der Waals surface area contributed by atoms with Gasteiger partial charge in [0, 0.05) is 12.5 Å². The van der Waals surface area contributed by atoms with Gasteiger partial charge in [0.2, 0.25) is 0 Å². The van der Waals surface area contributed by atoms with E-state index < -0.39 is 0 Å². The van der Waals surface area contributed by atoms with E-state index in [1.807, 2.05) is 37.3 Å². The van der Waals surface area contributed by atoms with Crippen LogP contribution in [0, 0.1) is 6.92 Å². The molecule has 2 aliphatic heterocycles. The summed E-state index contributed by atoms with van der Waals surface area (Å²) in [7, 11) is 0. The number of anilines is 2. The first-order valence-electron chi connectivity index (χ1n) is 10.5. The minimum Gasteiger partial charge on any atom is -0.482 e. The number of benzene rings is 2. The minimum absolute atomic E-state index is 0.0350. The molecular weight excluding hydrogens is 444 g/mol. The van der Waals surface area contributed by atoms with Gasteiger partial charge in [-0.05, 0) is 30.7 Å². The van der Waals surface area contributed by atoms with Gasteiger partial charge < -0.3 is 19.8 Å². The molecule has 2 aromatic carbocycles. The van der Waals surface area contributed by atoms with Gasteiger partial charge in [-0.15, -0.1) is 0 Å². The van der Waals surface area contributed by atoms with Gasteiger partial charge in [-0.2, -0.15) is 5.10 Å². The number of nitrogens with one attached hydrogen (secondary N) is 2. The van der Waals surface area contributed by atoms with Crippen LogP contribution >= 0.6 is 11.6 Å². The molecule has 0 bridgehead atoms. The largest absolute Gasteiger partial charge is 0.482 e. The lowest BCUT2D eigenvalue weighted by molar-refractivity contribution is -0.131. The van der Waals surface area contributed by atoms with Crippen LogP contribution in [-0.4, -0.2) is 35.7 Å². The molecule has 3 heterocycles. The van der Waals surface area contributed by atoms with Gasteiger partial charge in [-0.1, -0.05) is 41.4 Å². The molecular formula is C24H21ClN4O4. The maximum absolute atomic E-state index is 13.2. The SMILES string of the molecule is Cc1ccc(C2=NN(C(=O)CNc3cc4c(cc3Cl)NC(=O)CO4)C(c3ccco3)C2)cc1. The lowest BCUT2D eigenvalue weighted by Crippen LogP contribution is -2.32. The highest BCUT2D eigenvalue weighted by Gasteiger charge is 2.34. The molecule has 1 aromatic heterocycles. The Bertz CT molecular complexity index is 1240. The molecule has 168 valence electrons. The number of halogens is 1. The smallest absolute Gasteiger partial charge is 0.262 e. The van der Waals surface area contributed by atoms with E-state index in [1.165, 1.54) is 5.01 Å². The Morgan fingerprint density at radius 3 is 2.85 bits per heavy atom. The van der Waals surface area contributed by atoms with Crippen molar-refractivity contribution in [3.8, 4) is 5.75 Å². The quantitative estimate of drug-likeness (QED) is 0.584. The normalized spacial score (nSPS) is 17.2. The molecule has 5 rings (SSSR count). The number of ether oxygens (including phenoxy) is 1. The van der Waals surface area contributed by atoms with Gasteiger partial charge in [0.25, 0.3) is 11.8 Å². The molecule has 3 aromatic rings. The Kier molecular flexibility index (Phi) is 5.51. The van der Waals surface area contributed by atoms with E-state index in [4.69, 9.17) is 20.8 Å². The summed E-state index contributed by atoms with van der Waals surface area (Å²) in [4.78, 5) is 24.7. The third-order valence-corrected chi connectivity index (χ3v) is 5.87. The lowest BCUT2D eigenvalue weighted by Gasteiger charge is -2.22. The van der Waals surface area contributed by atoms with Gasteiger partial charge in [-0.25, -0.2) is 5.01 Å². The van der Waals surface area contributed by atoms with Crippen molar-refractivity contribution in [3.63, 3.8) is 0 Å². The van der Waals surface area contributed by atoms with Gasteiger partial charge in [-0.3, -0.25) is 9.59 Å². The van der Waals surface area contributed by atoms with Crippen LogP contribution in [0.4, 0.5) is 11.4 Å².